The molecule has 2 heteroatoms. The molecule has 1 aliphatic rings. The van der Waals surface area contributed by atoms with Crippen molar-refractivity contribution in [3.63, 3.8) is 0 Å². The van der Waals surface area contributed by atoms with Crippen LogP contribution in [-0.4, -0.2) is 5.91 Å². The molecule has 0 radical (unpaired) electrons. The number of aryl methyl sites for hydroxylation is 3. The maximum absolute atomic E-state index is 11.7. The second-order valence-corrected chi connectivity index (χ2v) is 6.86. The van der Waals surface area contributed by atoms with Crippen LogP contribution in [-0.2, 0) is 11.2 Å². The van der Waals surface area contributed by atoms with E-state index < -0.39 is 0 Å². The van der Waals surface area contributed by atoms with E-state index in [4.69, 9.17) is 0 Å². The first-order valence-electron chi connectivity index (χ1n) is 8.36. The molecule has 1 N–H and O–H groups in total. The highest BCUT2D eigenvalue weighted by Gasteiger charge is 2.25. The highest BCUT2D eigenvalue weighted by molar-refractivity contribution is 5.79. The summed E-state index contributed by atoms with van der Waals surface area (Å²) in [7, 11) is 0. The molecular weight excluding hydrogens is 282 g/mol. The minimum atomic E-state index is 0.0393. The maximum atomic E-state index is 11.7. The van der Waals surface area contributed by atoms with Crippen LogP contribution in [0.4, 0.5) is 0 Å². The molecule has 23 heavy (non-hydrogen) atoms. The molecule has 0 bridgehead atoms. The fourth-order valence-corrected chi connectivity index (χ4v) is 3.79. The number of hydrogen-bond acceptors (Lipinski definition) is 1. The molecule has 3 rings (SSSR count). The van der Waals surface area contributed by atoms with Gasteiger partial charge in [-0.15, -0.1) is 0 Å². The van der Waals surface area contributed by atoms with Crippen LogP contribution in [0.15, 0.2) is 24.3 Å². The van der Waals surface area contributed by atoms with Crippen molar-refractivity contribution in [2.75, 3.05) is 0 Å². The van der Waals surface area contributed by atoms with Gasteiger partial charge in [-0.2, -0.15) is 0 Å². The van der Waals surface area contributed by atoms with Gasteiger partial charge in [0.05, 0.1) is 6.04 Å². The van der Waals surface area contributed by atoms with E-state index in [-0.39, 0.29) is 11.9 Å². The van der Waals surface area contributed by atoms with Crippen molar-refractivity contribution < 1.29 is 4.79 Å². The third-order valence-electron chi connectivity index (χ3n) is 5.17. The maximum Gasteiger partial charge on any atom is 0.217 e. The molecule has 1 aliphatic carbocycles. The highest BCUT2D eigenvalue weighted by Crippen LogP contribution is 2.41. The van der Waals surface area contributed by atoms with E-state index in [1.165, 1.54) is 44.5 Å². The smallest absolute Gasteiger partial charge is 0.217 e. The summed E-state index contributed by atoms with van der Waals surface area (Å²) in [5.41, 5.74) is 10.6. The SMILES string of the molecule is CC(=O)N[C@H]1CCc2cc(C)c(C)c(C)c2-c2ccc(C)cc21. The third-order valence-corrected chi connectivity index (χ3v) is 5.17. The van der Waals surface area contributed by atoms with Gasteiger partial charge in [0, 0.05) is 6.92 Å². The lowest BCUT2D eigenvalue weighted by molar-refractivity contribution is -0.119. The normalized spacial score (nSPS) is 16.3. The molecule has 1 amide bonds. The Morgan fingerprint density at radius 3 is 2.52 bits per heavy atom. The summed E-state index contributed by atoms with van der Waals surface area (Å²) in [5.74, 6) is 0.0393. The van der Waals surface area contributed by atoms with Crippen molar-refractivity contribution in [2.45, 2.75) is 53.5 Å². The molecule has 0 fully saturated rings. The molecular formula is C21H25NO. The first-order valence-corrected chi connectivity index (χ1v) is 8.36. The van der Waals surface area contributed by atoms with E-state index in [1.807, 2.05) is 0 Å². The van der Waals surface area contributed by atoms with Crippen LogP contribution in [0.1, 0.15) is 52.8 Å². The molecule has 0 saturated heterocycles. The van der Waals surface area contributed by atoms with E-state index >= 15 is 0 Å². The summed E-state index contributed by atoms with van der Waals surface area (Å²) in [6.07, 6.45) is 1.95. The van der Waals surface area contributed by atoms with E-state index in [9.17, 15) is 4.79 Å². The Morgan fingerprint density at radius 2 is 1.83 bits per heavy atom. The molecule has 0 aliphatic heterocycles. The molecule has 2 aromatic rings. The predicted molar refractivity (Wildman–Crippen MR) is 95.7 cm³/mol. The quantitative estimate of drug-likeness (QED) is 0.812. The number of carbonyl (C=O) groups excluding carboxylic acids is 1. The summed E-state index contributed by atoms with van der Waals surface area (Å²) < 4.78 is 0. The fourth-order valence-electron chi connectivity index (χ4n) is 3.79. The van der Waals surface area contributed by atoms with Gasteiger partial charge in [-0.1, -0.05) is 29.8 Å². The monoisotopic (exact) mass is 307 g/mol. The zero-order valence-electron chi connectivity index (χ0n) is 14.7. The van der Waals surface area contributed by atoms with Gasteiger partial charge in [0.2, 0.25) is 5.91 Å². The van der Waals surface area contributed by atoms with Crippen molar-refractivity contribution in [3.8, 4) is 11.1 Å². The zero-order chi connectivity index (χ0) is 16.7. The largest absolute Gasteiger partial charge is 0.350 e. The van der Waals surface area contributed by atoms with Crippen molar-refractivity contribution in [3.05, 3.63) is 57.6 Å². The number of fused-ring (bicyclic) bond motifs is 3. The van der Waals surface area contributed by atoms with Gasteiger partial charge in [0.1, 0.15) is 0 Å². The van der Waals surface area contributed by atoms with Crippen molar-refractivity contribution in [1.29, 1.82) is 0 Å². The van der Waals surface area contributed by atoms with Crippen LogP contribution in [0.3, 0.4) is 0 Å². The average molecular weight is 307 g/mol. The van der Waals surface area contributed by atoms with Gasteiger partial charge in [0.15, 0.2) is 0 Å². The Labute approximate surface area is 138 Å². The fraction of sp³-hybridized carbons (Fsp3) is 0.381. The summed E-state index contributed by atoms with van der Waals surface area (Å²) >= 11 is 0. The minimum Gasteiger partial charge on any atom is -0.350 e. The van der Waals surface area contributed by atoms with E-state index in [1.54, 1.807) is 6.92 Å². The standard InChI is InChI=1S/C21H25NO/c1-12-6-8-18-19(10-12)20(22-16(5)23)9-7-17-11-13(2)14(3)15(4)21(17)18/h6,8,10-11,20H,7,9H2,1-5H3,(H,22,23)/t20-/m0/s1. The lowest BCUT2D eigenvalue weighted by atomic mass is 9.87. The molecule has 2 aromatic carbocycles. The van der Waals surface area contributed by atoms with Gasteiger partial charge in [-0.25, -0.2) is 0 Å². The minimum absolute atomic E-state index is 0.0393. The van der Waals surface area contributed by atoms with Crippen LogP contribution >= 0.6 is 0 Å². The number of amides is 1. The Morgan fingerprint density at radius 1 is 1.09 bits per heavy atom. The van der Waals surface area contributed by atoms with E-state index in [0.29, 0.717) is 0 Å². The van der Waals surface area contributed by atoms with Gasteiger partial charge < -0.3 is 5.32 Å². The van der Waals surface area contributed by atoms with Crippen LogP contribution in [0.2, 0.25) is 0 Å². The second kappa shape index (κ2) is 5.84. The first-order chi connectivity index (χ1) is 10.9. The van der Waals surface area contributed by atoms with Crippen LogP contribution in [0, 0.1) is 27.7 Å². The van der Waals surface area contributed by atoms with Crippen molar-refractivity contribution >= 4 is 5.91 Å². The Hall–Kier alpha value is -2.09. The Balaban J connectivity index is 2.27. The van der Waals surface area contributed by atoms with Gasteiger partial charge in [0.25, 0.3) is 0 Å². The predicted octanol–water partition coefficient (Wildman–Crippen LogP) is 4.71. The van der Waals surface area contributed by atoms with Crippen molar-refractivity contribution in [2.24, 2.45) is 0 Å². The van der Waals surface area contributed by atoms with E-state index in [0.717, 1.165) is 12.8 Å². The molecule has 0 aromatic heterocycles. The summed E-state index contributed by atoms with van der Waals surface area (Å²) in [4.78, 5) is 11.7. The van der Waals surface area contributed by atoms with Gasteiger partial charge >= 0.3 is 0 Å². The van der Waals surface area contributed by atoms with Crippen LogP contribution < -0.4 is 5.32 Å². The summed E-state index contributed by atoms with van der Waals surface area (Å²) in [6, 6.07) is 9.06. The number of rotatable bonds is 1. The summed E-state index contributed by atoms with van der Waals surface area (Å²) in [6.45, 7) is 10.3. The lowest BCUT2D eigenvalue weighted by Crippen LogP contribution is -2.26. The Kier molecular flexibility index (Phi) is 4.01. The highest BCUT2D eigenvalue weighted by atomic mass is 16.1. The zero-order valence-corrected chi connectivity index (χ0v) is 14.7. The topological polar surface area (TPSA) is 29.1 Å². The van der Waals surface area contributed by atoms with Crippen molar-refractivity contribution in [1.82, 2.24) is 5.32 Å². The van der Waals surface area contributed by atoms with Gasteiger partial charge in [-0.3, -0.25) is 4.79 Å². The first kappa shape index (κ1) is 15.8. The number of hydrogen-bond donors (Lipinski definition) is 1. The molecule has 0 saturated carbocycles. The molecule has 1 atom stereocenters. The lowest BCUT2D eigenvalue weighted by Gasteiger charge is -2.20. The third kappa shape index (κ3) is 2.78. The molecule has 0 heterocycles. The molecule has 0 spiro atoms. The van der Waals surface area contributed by atoms with Crippen LogP contribution in [0.5, 0.6) is 0 Å². The Bertz CT molecular complexity index is 789. The summed E-state index contributed by atoms with van der Waals surface area (Å²) in [5, 5.41) is 3.15. The molecule has 0 unspecified atom stereocenters. The average Bonchev–Trinajstić information content (AvgIpc) is 2.62. The van der Waals surface area contributed by atoms with Gasteiger partial charge in [-0.05, 0) is 79.5 Å². The molecule has 2 nitrogen and oxygen atoms in total. The number of benzene rings is 2. The molecule has 120 valence electrons. The number of carbonyl (C=O) groups is 1. The number of nitrogens with one attached hydrogen (secondary N) is 1. The van der Waals surface area contributed by atoms with E-state index in [2.05, 4.69) is 57.3 Å². The van der Waals surface area contributed by atoms with Crippen LogP contribution in [0.25, 0.3) is 11.1 Å². The second-order valence-electron chi connectivity index (χ2n) is 6.86.